The Bertz CT molecular complexity index is 825. The zero-order chi connectivity index (χ0) is 17.9. The molecule has 0 amide bonds. The monoisotopic (exact) mass is 358 g/mol. The van der Waals surface area contributed by atoms with Crippen LogP contribution in [0, 0.1) is 13.8 Å². The second kappa shape index (κ2) is 7.68. The Labute approximate surface area is 151 Å². The Balaban J connectivity index is 1.58. The van der Waals surface area contributed by atoms with Gasteiger partial charge in [-0.2, -0.15) is 4.31 Å². The summed E-state index contributed by atoms with van der Waals surface area (Å²) >= 11 is 0. The van der Waals surface area contributed by atoms with Crippen molar-refractivity contribution in [1.29, 1.82) is 0 Å². The summed E-state index contributed by atoms with van der Waals surface area (Å²) in [7, 11) is -3.25. The molecule has 1 aliphatic heterocycles. The molecule has 0 aliphatic carbocycles. The Morgan fingerprint density at radius 3 is 2.32 bits per heavy atom. The van der Waals surface area contributed by atoms with Crippen LogP contribution in [0.5, 0.6) is 0 Å². The van der Waals surface area contributed by atoms with E-state index in [-0.39, 0.29) is 5.75 Å². The predicted octanol–water partition coefficient (Wildman–Crippen LogP) is 2.95. The lowest BCUT2D eigenvalue weighted by Crippen LogP contribution is -2.48. The van der Waals surface area contributed by atoms with Crippen LogP contribution in [0.25, 0.3) is 0 Å². The Morgan fingerprint density at radius 1 is 0.920 bits per heavy atom. The van der Waals surface area contributed by atoms with E-state index in [1.165, 1.54) is 11.1 Å². The summed E-state index contributed by atoms with van der Waals surface area (Å²) in [5.41, 5.74) is 4.56. The van der Waals surface area contributed by atoms with Crippen molar-refractivity contribution in [1.82, 2.24) is 9.21 Å². The highest BCUT2D eigenvalue weighted by Crippen LogP contribution is 2.17. The molecular formula is C20H26N2O2S. The fourth-order valence-corrected chi connectivity index (χ4v) is 4.80. The topological polar surface area (TPSA) is 40.6 Å². The fourth-order valence-electron chi connectivity index (χ4n) is 3.30. The first-order valence-corrected chi connectivity index (χ1v) is 10.4. The van der Waals surface area contributed by atoms with Gasteiger partial charge in [0, 0.05) is 32.7 Å². The van der Waals surface area contributed by atoms with Crippen LogP contribution >= 0.6 is 0 Å². The van der Waals surface area contributed by atoms with Gasteiger partial charge in [-0.05, 0) is 30.5 Å². The van der Waals surface area contributed by atoms with Gasteiger partial charge in [-0.1, -0.05) is 54.1 Å². The Kier molecular flexibility index (Phi) is 5.57. The first-order valence-electron chi connectivity index (χ1n) is 8.74. The van der Waals surface area contributed by atoms with E-state index in [1.807, 2.05) is 31.2 Å². The normalized spacial score (nSPS) is 16.9. The highest BCUT2D eigenvalue weighted by molar-refractivity contribution is 7.88. The van der Waals surface area contributed by atoms with Crippen molar-refractivity contribution < 1.29 is 8.42 Å². The molecule has 0 bridgehead atoms. The first-order chi connectivity index (χ1) is 11.9. The van der Waals surface area contributed by atoms with Crippen molar-refractivity contribution in [2.75, 3.05) is 26.2 Å². The van der Waals surface area contributed by atoms with Crippen LogP contribution in [0.1, 0.15) is 22.3 Å². The standard InChI is InChI=1S/C20H26N2O2S/c1-17-6-5-8-19(14-17)16-25(23,24)22-12-10-21(11-13-22)15-20-9-4-3-7-18(20)2/h3-9,14H,10-13,15-16H2,1-2H3. The minimum absolute atomic E-state index is 0.0898. The summed E-state index contributed by atoms with van der Waals surface area (Å²) in [5, 5.41) is 0. The molecule has 5 heteroatoms. The number of sulfonamides is 1. The largest absolute Gasteiger partial charge is 0.296 e. The number of aryl methyl sites for hydroxylation is 2. The first kappa shape index (κ1) is 18.1. The molecule has 0 radical (unpaired) electrons. The van der Waals surface area contributed by atoms with Crippen LogP contribution in [0.3, 0.4) is 0 Å². The van der Waals surface area contributed by atoms with E-state index >= 15 is 0 Å². The molecule has 0 saturated carbocycles. The van der Waals surface area contributed by atoms with Gasteiger partial charge in [-0.15, -0.1) is 0 Å². The molecule has 2 aromatic carbocycles. The molecule has 0 unspecified atom stereocenters. The van der Waals surface area contributed by atoms with E-state index < -0.39 is 10.0 Å². The molecular weight excluding hydrogens is 332 g/mol. The molecule has 25 heavy (non-hydrogen) atoms. The van der Waals surface area contributed by atoms with Crippen molar-refractivity contribution >= 4 is 10.0 Å². The lowest BCUT2D eigenvalue weighted by atomic mass is 10.1. The third kappa shape index (κ3) is 4.69. The molecule has 0 aromatic heterocycles. The van der Waals surface area contributed by atoms with Crippen molar-refractivity contribution in [3.63, 3.8) is 0 Å². The van der Waals surface area contributed by atoms with Gasteiger partial charge in [-0.25, -0.2) is 8.42 Å². The average molecular weight is 359 g/mol. The fraction of sp³-hybridized carbons (Fsp3) is 0.400. The number of piperazine rings is 1. The summed E-state index contributed by atoms with van der Waals surface area (Å²) < 4.78 is 27.0. The van der Waals surface area contributed by atoms with E-state index in [4.69, 9.17) is 0 Å². The van der Waals surface area contributed by atoms with Crippen LogP contribution in [-0.4, -0.2) is 43.8 Å². The summed E-state index contributed by atoms with van der Waals surface area (Å²) in [5.74, 6) is 0.0898. The minimum Gasteiger partial charge on any atom is -0.296 e. The lowest BCUT2D eigenvalue weighted by Gasteiger charge is -2.34. The highest BCUT2D eigenvalue weighted by Gasteiger charge is 2.27. The molecule has 4 nitrogen and oxygen atoms in total. The molecule has 3 rings (SSSR count). The number of hydrogen-bond acceptors (Lipinski definition) is 3. The predicted molar refractivity (Wildman–Crippen MR) is 102 cm³/mol. The molecule has 134 valence electrons. The van der Waals surface area contributed by atoms with Crippen LogP contribution in [0.2, 0.25) is 0 Å². The van der Waals surface area contributed by atoms with Gasteiger partial charge >= 0.3 is 0 Å². The zero-order valence-electron chi connectivity index (χ0n) is 15.0. The van der Waals surface area contributed by atoms with E-state index in [0.29, 0.717) is 13.1 Å². The molecule has 1 heterocycles. The van der Waals surface area contributed by atoms with Gasteiger partial charge in [-0.3, -0.25) is 4.90 Å². The lowest BCUT2D eigenvalue weighted by molar-refractivity contribution is 0.181. The second-order valence-corrected chi connectivity index (χ2v) is 8.82. The van der Waals surface area contributed by atoms with E-state index in [1.54, 1.807) is 4.31 Å². The summed E-state index contributed by atoms with van der Waals surface area (Å²) in [6.45, 7) is 7.69. The van der Waals surface area contributed by atoms with Gasteiger partial charge in [0.05, 0.1) is 5.75 Å². The molecule has 0 N–H and O–H groups in total. The van der Waals surface area contributed by atoms with Crippen molar-refractivity contribution in [3.05, 3.63) is 70.8 Å². The molecule has 1 saturated heterocycles. The Morgan fingerprint density at radius 2 is 1.64 bits per heavy atom. The van der Waals surface area contributed by atoms with Gasteiger partial charge in [0.2, 0.25) is 10.0 Å². The second-order valence-electron chi connectivity index (χ2n) is 6.85. The van der Waals surface area contributed by atoms with Crippen LogP contribution < -0.4 is 0 Å². The number of hydrogen-bond donors (Lipinski definition) is 0. The highest BCUT2D eigenvalue weighted by atomic mass is 32.2. The summed E-state index contributed by atoms with van der Waals surface area (Å²) in [6, 6.07) is 16.1. The van der Waals surface area contributed by atoms with E-state index in [9.17, 15) is 8.42 Å². The third-order valence-corrected chi connectivity index (χ3v) is 6.66. The number of nitrogens with zero attached hydrogens (tertiary/aromatic N) is 2. The maximum atomic E-state index is 12.7. The SMILES string of the molecule is Cc1cccc(CS(=O)(=O)N2CCN(Cc3ccccc3C)CC2)c1. The summed E-state index contributed by atoms with van der Waals surface area (Å²) in [4.78, 5) is 2.33. The molecule has 1 aliphatic rings. The quantitative estimate of drug-likeness (QED) is 0.825. The van der Waals surface area contributed by atoms with Crippen molar-refractivity contribution in [2.45, 2.75) is 26.1 Å². The van der Waals surface area contributed by atoms with E-state index in [2.05, 4.69) is 36.1 Å². The summed E-state index contributed by atoms with van der Waals surface area (Å²) in [6.07, 6.45) is 0. The smallest absolute Gasteiger partial charge is 0.218 e. The van der Waals surface area contributed by atoms with Crippen LogP contribution in [0.15, 0.2) is 48.5 Å². The van der Waals surface area contributed by atoms with Crippen LogP contribution in [0.4, 0.5) is 0 Å². The minimum atomic E-state index is -3.25. The number of benzene rings is 2. The Hall–Kier alpha value is -1.69. The third-order valence-electron chi connectivity index (χ3n) is 4.81. The average Bonchev–Trinajstić information content (AvgIpc) is 2.57. The van der Waals surface area contributed by atoms with Gasteiger partial charge in [0.15, 0.2) is 0 Å². The molecule has 0 atom stereocenters. The van der Waals surface area contributed by atoms with Crippen molar-refractivity contribution in [2.24, 2.45) is 0 Å². The molecule has 1 fully saturated rings. The maximum Gasteiger partial charge on any atom is 0.218 e. The van der Waals surface area contributed by atoms with Gasteiger partial charge in [0.25, 0.3) is 0 Å². The molecule has 2 aromatic rings. The zero-order valence-corrected chi connectivity index (χ0v) is 15.8. The van der Waals surface area contributed by atoms with Crippen LogP contribution in [-0.2, 0) is 22.3 Å². The van der Waals surface area contributed by atoms with Gasteiger partial charge < -0.3 is 0 Å². The van der Waals surface area contributed by atoms with Crippen molar-refractivity contribution in [3.8, 4) is 0 Å². The maximum absolute atomic E-state index is 12.7. The van der Waals surface area contributed by atoms with E-state index in [0.717, 1.165) is 30.8 Å². The molecule has 0 spiro atoms. The van der Waals surface area contributed by atoms with Gasteiger partial charge in [0.1, 0.15) is 0 Å². The number of rotatable bonds is 5.